The van der Waals surface area contributed by atoms with Crippen LogP contribution >= 0.6 is 23.4 Å². The van der Waals surface area contributed by atoms with Crippen LogP contribution in [0.25, 0.3) is 0 Å². The van der Waals surface area contributed by atoms with Gasteiger partial charge in [-0.15, -0.1) is 11.8 Å². The van der Waals surface area contributed by atoms with Crippen molar-refractivity contribution in [3.05, 3.63) is 52.5 Å². The number of thioether (sulfide) groups is 1. The fourth-order valence-electron chi connectivity index (χ4n) is 2.34. The zero-order valence-electron chi connectivity index (χ0n) is 13.7. The summed E-state index contributed by atoms with van der Waals surface area (Å²) in [5.74, 6) is -0.886. The third-order valence-electron chi connectivity index (χ3n) is 3.66. The van der Waals surface area contributed by atoms with Gasteiger partial charge in [-0.05, 0) is 42.7 Å². The lowest BCUT2D eigenvalue weighted by molar-refractivity contribution is -0.118. The zero-order chi connectivity index (χ0) is 18.7. The Kier molecular flexibility index (Phi) is 5.49. The van der Waals surface area contributed by atoms with Crippen molar-refractivity contribution in [2.75, 3.05) is 24.8 Å². The standard InChI is InChI=1S/C18H14ClNO5S/c1-26-11-3-4-13(19)12(7-11)18(23)25-8-15(21)10-2-5-16-14(6-10)20-17(22)9-24-16/h2-7H,8-9H2,1H3,(H,20,22). The number of ketones is 1. The zero-order valence-corrected chi connectivity index (χ0v) is 15.3. The van der Waals surface area contributed by atoms with Crippen LogP contribution in [-0.2, 0) is 9.53 Å². The molecule has 1 aliphatic heterocycles. The van der Waals surface area contributed by atoms with Gasteiger partial charge < -0.3 is 14.8 Å². The Labute approximate surface area is 158 Å². The number of hydrogen-bond donors (Lipinski definition) is 1. The van der Waals surface area contributed by atoms with E-state index < -0.39 is 18.4 Å². The Hall–Kier alpha value is -2.51. The lowest BCUT2D eigenvalue weighted by atomic mass is 10.1. The molecule has 1 aliphatic rings. The average molecular weight is 392 g/mol. The molecule has 0 aliphatic carbocycles. The van der Waals surface area contributed by atoms with Crippen molar-refractivity contribution in [1.29, 1.82) is 0 Å². The van der Waals surface area contributed by atoms with Gasteiger partial charge in [-0.2, -0.15) is 0 Å². The molecule has 3 rings (SSSR count). The number of rotatable bonds is 5. The first kappa shape index (κ1) is 18.3. The number of fused-ring (bicyclic) bond motifs is 1. The number of carbonyl (C=O) groups excluding carboxylic acids is 3. The molecule has 2 aromatic rings. The van der Waals surface area contributed by atoms with E-state index in [0.717, 1.165) is 4.90 Å². The predicted molar refractivity (Wildman–Crippen MR) is 98.4 cm³/mol. The van der Waals surface area contributed by atoms with Crippen LogP contribution in [0.15, 0.2) is 41.3 Å². The van der Waals surface area contributed by atoms with Gasteiger partial charge in [-0.25, -0.2) is 4.79 Å². The molecule has 0 radical (unpaired) electrons. The first-order valence-electron chi connectivity index (χ1n) is 7.58. The molecule has 0 atom stereocenters. The van der Waals surface area contributed by atoms with E-state index in [9.17, 15) is 14.4 Å². The summed E-state index contributed by atoms with van der Waals surface area (Å²) in [6, 6.07) is 9.64. The molecule has 8 heteroatoms. The van der Waals surface area contributed by atoms with Crippen molar-refractivity contribution >= 4 is 46.7 Å². The Bertz CT molecular complexity index is 899. The molecule has 0 fully saturated rings. The number of ether oxygens (including phenoxy) is 2. The molecule has 134 valence electrons. The normalized spacial score (nSPS) is 12.6. The molecular formula is C18H14ClNO5S. The van der Waals surface area contributed by atoms with Crippen molar-refractivity contribution in [2.45, 2.75) is 4.90 Å². The predicted octanol–water partition coefficient (Wildman–Crippen LogP) is 3.43. The fourth-order valence-corrected chi connectivity index (χ4v) is 2.97. The number of Topliss-reactive ketones (excluding diaryl/α,β-unsaturated/α-hetero) is 1. The lowest BCUT2D eigenvalue weighted by Gasteiger charge is -2.18. The summed E-state index contributed by atoms with van der Waals surface area (Å²) in [7, 11) is 0. The largest absolute Gasteiger partial charge is 0.482 e. The number of carbonyl (C=O) groups is 3. The lowest BCUT2D eigenvalue weighted by Crippen LogP contribution is -2.25. The first-order chi connectivity index (χ1) is 12.5. The molecule has 0 aromatic heterocycles. The molecule has 1 heterocycles. The summed E-state index contributed by atoms with van der Waals surface area (Å²) >= 11 is 7.49. The summed E-state index contributed by atoms with van der Waals surface area (Å²) in [4.78, 5) is 36.7. The van der Waals surface area contributed by atoms with E-state index in [-0.39, 0.29) is 23.1 Å². The van der Waals surface area contributed by atoms with Crippen LogP contribution in [0.3, 0.4) is 0 Å². The van der Waals surface area contributed by atoms with Crippen molar-refractivity contribution < 1.29 is 23.9 Å². The van der Waals surface area contributed by atoms with Gasteiger partial charge in [0.1, 0.15) is 5.75 Å². The minimum atomic E-state index is -0.672. The molecule has 0 spiro atoms. The molecule has 0 saturated heterocycles. The van der Waals surface area contributed by atoms with Crippen LogP contribution in [0.4, 0.5) is 5.69 Å². The molecule has 0 unspecified atom stereocenters. The minimum Gasteiger partial charge on any atom is -0.482 e. The smallest absolute Gasteiger partial charge is 0.340 e. The number of hydrogen-bond acceptors (Lipinski definition) is 6. The number of benzene rings is 2. The minimum absolute atomic E-state index is 0.0617. The SMILES string of the molecule is CSc1ccc(Cl)c(C(=O)OCC(=O)c2ccc3c(c2)NC(=O)CO3)c1. The van der Waals surface area contributed by atoms with E-state index in [0.29, 0.717) is 17.0 Å². The van der Waals surface area contributed by atoms with Crippen LogP contribution in [0.5, 0.6) is 5.75 Å². The second-order valence-corrected chi connectivity index (χ2v) is 6.68. The average Bonchev–Trinajstić information content (AvgIpc) is 2.65. The highest BCUT2D eigenvalue weighted by atomic mass is 35.5. The van der Waals surface area contributed by atoms with E-state index in [2.05, 4.69) is 5.32 Å². The number of esters is 1. The molecular weight excluding hydrogens is 378 g/mol. The van der Waals surface area contributed by atoms with Gasteiger partial charge in [0.25, 0.3) is 5.91 Å². The number of amides is 1. The second-order valence-electron chi connectivity index (χ2n) is 5.39. The Morgan fingerprint density at radius 1 is 1.27 bits per heavy atom. The van der Waals surface area contributed by atoms with Crippen LogP contribution in [0.2, 0.25) is 5.02 Å². The highest BCUT2D eigenvalue weighted by Crippen LogP contribution is 2.29. The van der Waals surface area contributed by atoms with Crippen molar-refractivity contribution in [1.82, 2.24) is 0 Å². The molecule has 26 heavy (non-hydrogen) atoms. The van der Waals surface area contributed by atoms with Gasteiger partial charge in [-0.1, -0.05) is 11.6 Å². The molecule has 1 N–H and O–H groups in total. The number of nitrogens with one attached hydrogen (secondary N) is 1. The molecule has 2 aromatic carbocycles. The summed E-state index contributed by atoms with van der Waals surface area (Å²) in [5, 5.41) is 2.88. The van der Waals surface area contributed by atoms with Crippen molar-refractivity contribution in [3.8, 4) is 5.75 Å². The highest BCUT2D eigenvalue weighted by molar-refractivity contribution is 7.98. The van der Waals surface area contributed by atoms with Gasteiger partial charge >= 0.3 is 5.97 Å². The molecule has 6 nitrogen and oxygen atoms in total. The van der Waals surface area contributed by atoms with E-state index in [1.807, 2.05) is 6.26 Å². The quantitative estimate of drug-likeness (QED) is 0.477. The maximum atomic E-state index is 12.3. The maximum Gasteiger partial charge on any atom is 0.340 e. The van der Waals surface area contributed by atoms with Crippen LogP contribution in [0, 0.1) is 0 Å². The number of anilines is 1. The second kappa shape index (κ2) is 7.80. The first-order valence-corrected chi connectivity index (χ1v) is 9.19. The van der Waals surface area contributed by atoms with Gasteiger partial charge in [0.05, 0.1) is 16.3 Å². The third kappa shape index (κ3) is 4.00. The summed E-state index contributed by atoms with van der Waals surface area (Å²) in [6.07, 6.45) is 1.88. The van der Waals surface area contributed by atoms with E-state index in [1.165, 1.54) is 17.8 Å². The van der Waals surface area contributed by atoms with Gasteiger partial charge in [0.2, 0.25) is 0 Å². The van der Waals surface area contributed by atoms with Crippen LogP contribution < -0.4 is 10.1 Å². The van der Waals surface area contributed by atoms with Gasteiger partial charge in [-0.3, -0.25) is 9.59 Å². The van der Waals surface area contributed by atoms with Gasteiger partial charge in [0.15, 0.2) is 19.0 Å². The fraction of sp³-hybridized carbons (Fsp3) is 0.167. The van der Waals surface area contributed by atoms with Crippen molar-refractivity contribution in [3.63, 3.8) is 0 Å². The monoisotopic (exact) mass is 391 g/mol. The van der Waals surface area contributed by atoms with E-state index in [4.69, 9.17) is 21.1 Å². The van der Waals surface area contributed by atoms with E-state index in [1.54, 1.807) is 30.3 Å². The topological polar surface area (TPSA) is 81.7 Å². The van der Waals surface area contributed by atoms with E-state index >= 15 is 0 Å². The van der Waals surface area contributed by atoms with Crippen molar-refractivity contribution in [2.24, 2.45) is 0 Å². The van der Waals surface area contributed by atoms with Crippen LogP contribution in [-0.4, -0.2) is 37.1 Å². The summed E-state index contributed by atoms with van der Waals surface area (Å²) < 4.78 is 10.3. The third-order valence-corrected chi connectivity index (χ3v) is 4.72. The Morgan fingerprint density at radius 3 is 2.85 bits per heavy atom. The molecule has 0 bridgehead atoms. The van der Waals surface area contributed by atoms with Crippen LogP contribution in [0.1, 0.15) is 20.7 Å². The Balaban J connectivity index is 1.68. The van der Waals surface area contributed by atoms with Gasteiger partial charge in [0, 0.05) is 10.5 Å². The molecule has 0 saturated carbocycles. The summed E-state index contributed by atoms with van der Waals surface area (Å²) in [5.41, 5.74) is 0.915. The number of halogens is 1. The molecule has 1 amide bonds. The highest BCUT2D eigenvalue weighted by Gasteiger charge is 2.19. The summed E-state index contributed by atoms with van der Waals surface area (Å²) in [6.45, 7) is -0.500. The Morgan fingerprint density at radius 2 is 2.08 bits per heavy atom. The maximum absolute atomic E-state index is 12.3.